The number of carbonyl (C=O) groups is 3. The van der Waals surface area contributed by atoms with Gasteiger partial charge in [0.2, 0.25) is 23.5 Å². The largest absolute Gasteiger partial charge is 0.438 e. The first kappa shape index (κ1) is 28.4. The lowest BCUT2D eigenvalue weighted by Gasteiger charge is -2.33. The van der Waals surface area contributed by atoms with Crippen molar-refractivity contribution >= 4 is 23.5 Å². The summed E-state index contributed by atoms with van der Waals surface area (Å²) in [7, 11) is 0. The summed E-state index contributed by atoms with van der Waals surface area (Å²) in [6.07, 6.45) is -3.02. The molecule has 3 N–H and O–H groups in total. The number of pyridine rings is 1. The molecule has 2 fully saturated rings. The number of carbonyl (C=O) groups excluding carboxylic acids is 3. The van der Waals surface area contributed by atoms with Crippen molar-refractivity contribution < 1.29 is 40.8 Å². The van der Waals surface area contributed by atoms with Crippen LogP contribution in [0.25, 0.3) is 0 Å². The first-order valence-corrected chi connectivity index (χ1v) is 12.6. The van der Waals surface area contributed by atoms with E-state index in [2.05, 4.69) is 20.6 Å². The molecule has 2 aromatic heterocycles. The molecule has 0 bridgehead atoms. The van der Waals surface area contributed by atoms with Gasteiger partial charge in [-0.25, -0.2) is 18.7 Å². The summed E-state index contributed by atoms with van der Waals surface area (Å²) in [6, 6.07) is -0.170. The molecule has 0 aromatic carbocycles. The molecule has 3 heterocycles. The molecule has 212 valence electrons. The van der Waals surface area contributed by atoms with Gasteiger partial charge in [-0.15, -0.1) is 0 Å². The van der Waals surface area contributed by atoms with Gasteiger partial charge in [0.15, 0.2) is 6.39 Å². The second-order valence-corrected chi connectivity index (χ2v) is 9.90. The fourth-order valence-corrected chi connectivity index (χ4v) is 5.00. The minimum absolute atomic E-state index is 0.00691. The van der Waals surface area contributed by atoms with Crippen LogP contribution >= 0.6 is 0 Å². The first-order valence-electron chi connectivity index (χ1n) is 12.6. The average Bonchev–Trinajstić information content (AvgIpc) is 3.49. The molecule has 9 nitrogen and oxygen atoms in total. The number of hydrogen-bond donors (Lipinski definition) is 3. The van der Waals surface area contributed by atoms with Crippen LogP contribution in [-0.2, 0) is 22.4 Å². The van der Waals surface area contributed by atoms with E-state index in [1.54, 1.807) is 6.92 Å². The zero-order chi connectivity index (χ0) is 28.4. The molecule has 0 unspecified atom stereocenters. The van der Waals surface area contributed by atoms with Gasteiger partial charge in [-0.3, -0.25) is 14.4 Å². The zero-order valence-electron chi connectivity index (χ0n) is 21.0. The molecule has 3 atom stereocenters. The number of hydrogen-bond acceptors (Lipinski definition) is 6. The Kier molecular flexibility index (Phi) is 8.21. The molecule has 1 aliphatic heterocycles. The molecule has 39 heavy (non-hydrogen) atoms. The molecule has 4 rings (SSSR count). The number of halogens is 5. The summed E-state index contributed by atoms with van der Waals surface area (Å²) in [5.74, 6) is -6.52. The Morgan fingerprint density at radius 3 is 2.59 bits per heavy atom. The first-order chi connectivity index (χ1) is 18.4. The van der Waals surface area contributed by atoms with Crippen LogP contribution < -0.4 is 16.0 Å². The van der Waals surface area contributed by atoms with Crippen molar-refractivity contribution in [3.63, 3.8) is 0 Å². The lowest BCUT2D eigenvalue weighted by Crippen LogP contribution is -2.50. The summed E-state index contributed by atoms with van der Waals surface area (Å²) in [5, 5.41) is 7.11. The van der Waals surface area contributed by atoms with Gasteiger partial charge in [0.05, 0.1) is 5.69 Å². The maximum absolute atomic E-state index is 13.8. The maximum atomic E-state index is 13.8. The van der Waals surface area contributed by atoms with Crippen LogP contribution in [0.5, 0.6) is 0 Å². The zero-order valence-corrected chi connectivity index (χ0v) is 21.0. The van der Waals surface area contributed by atoms with Gasteiger partial charge in [0.25, 0.3) is 5.91 Å². The highest BCUT2D eigenvalue weighted by molar-refractivity contribution is 6.00. The molecule has 2 aliphatic rings. The number of aryl methyl sites for hydroxylation is 1. The molecule has 1 saturated heterocycles. The van der Waals surface area contributed by atoms with Gasteiger partial charge in [-0.05, 0) is 55.7 Å². The van der Waals surface area contributed by atoms with Crippen molar-refractivity contribution in [1.82, 2.24) is 20.6 Å². The molecular formula is C25H28F5N5O4. The minimum Gasteiger partial charge on any atom is -0.438 e. The predicted octanol–water partition coefficient (Wildman–Crippen LogP) is 3.80. The predicted molar refractivity (Wildman–Crippen MR) is 127 cm³/mol. The molecule has 14 heteroatoms. The van der Waals surface area contributed by atoms with E-state index in [4.69, 9.17) is 4.42 Å². The number of nitrogens with zero attached hydrogens (tertiary/aromatic N) is 2. The maximum Gasteiger partial charge on any atom is 0.408 e. The lowest BCUT2D eigenvalue weighted by molar-refractivity contribution is -0.154. The Morgan fingerprint density at radius 2 is 1.95 bits per heavy atom. The summed E-state index contributed by atoms with van der Waals surface area (Å²) in [5.41, 5.74) is 0.843. The fourth-order valence-electron chi connectivity index (χ4n) is 5.00. The highest BCUT2D eigenvalue weighted by atomic mass is 19.4. The smallest absolute Gasteiger partial charge is 0.408 e. The van der Waals surface area contributed by atoms with Crippen molar-refractivity contribution in [2.24, 2.45) is 11.8 Å². The average molecular weight is 558 g/mol. The Bertz CT molecular complexity index is 1210. The lowest BCUT2D eigenvalue weighted by atomic mass is 9.81. The second kappa shape index (κ2) is 11.3. The number of nitrogens with one attached hydrogen (secondary N) is 3. The third kappa shape index (κ3) is 6.90. The third-order valence-electron chi connectivity index (χ3n) is 7.14. The van der Waals surface area contributed by atoms with Gasteiger partial charge in [-0.1, -0.05) is 6.92 Å². The van der Waals surface area contributed by atoms with Gasteiger partial charge >= 0.3 is 6.18 Å². The summed E-state index contributed by atoms with van der Waals surface area (Å²) in [4.78, 5) is 46.3. The Labute approximate surface area is 220 Å². The molecule has 1 aliphatic carbocycles. The summed E-state index contributed by atoms with van der Waals surface area (Å²) >= 11 is 0. The Balaban J connectivity index is 1.47. The highest BCUT2D eigenvalue weighted by Crippen LogP contribution is 2.38. The van der Waals surface area contributed by atoms with E-state index in [0.29, 0.717) is 17.7 Å². The molecule has 3 amide bonds. The second-order valence-electron chi connectivity index (χ2n) is 9.90. The van der Waals surface area contributed by atoms with Crippen molar-refractivity contribution in [3.05, 3.63) is 41.7 Å². The monoisotopic (exact) mass is 557 g/mol. The van der Waals surface area contributed by atoms with Crippen molar-refractivity contribution in [2.45, 2.75) is 76.1 Å². The van der Waals surface area contributed by atoms with Crippen LogP contribution in [0.15, 0.2) is 29.1 Å². The van der Waals surface area contributed by atoms with Crippen LogP contribution in [0.2, 0.25) is 0 Å². The van der Waals surface area contributed by atoms with Crippen LogP contribution in [0.1, 0.15) is 60.8 Å². The number of oxazole rings is 1. The standard InChI is InChI=1S/C25H28F5N5O4/c1-2-16-20(39-12-32-16)23(38)35-19(14-3-6-24(26,27)7-4-14)22(37)34-18-10-13(5-8-31-18)9-15-11-17(25(28,29)30)33-21(15)36/h5,8,10,12,14-15,17,19H,2-4,6-7,9,11H2,1H3,(H,33,36)(H,35,38)(H,31,34,37)/t15-,17-,19-/m0/s1. The summed E-state index contributed by atoms with van der Waals surface area (Å²) in [6.45, 7) is 1.76. The van der Waals surface area contributed by atoms with Crippen molar-refractivity contribution in [2.75, 3.05) is 5.32 Å². The van der Waals surface area contributed by atoms with E-state index < -0.39 is 73.0 Å². The van der Waals surface area contributed by atoms with Gasteiger partial charge in [-0.2, -0.15) is 13.2 Å². The van der Waals surface area contributed by atoms with Crippen molar-refractivity contribution in [1.29, 1.82) is 0 Å². The van der Waals surface area contributed by atoms with Crippen LogP contribution in [0.4, 0.5) is 27.8 Å². The van der Waals surface area contributed by atoms with E-state index in [1.165, 1.54) is 18.3 Å². The van der Waals surface area contributed by atoms with Crippen molar-refractivity contribution in [3.8, 4) is 0 Å². The van der Waals surface area contributed by atoms with E-state index >= 15 is 0 Å². The number of anilines is 1. The van der Waals surface area contributed by atoms with E-state index in [9.17, 15) is 36.3 Å². The third-order valence-corrected chi connectivity index (χ3v) is 7.14. The molecule has 0 spiro atoms. The minimum atomic E-state index is -4.55. The molecular weight excluding hydrogens is 529 g/mol. The Hall–Kier alpha value is -3.58. The van der Waals surface area contributed by atoms with Crippen LogP contribution in [0, 0.1) is 11.8 Å². The van der Waals surface area contributed by atoms with Crippen LogP contribution in [-0.4, -0.2) is 51.9 Å². The highest BCUT2D eigenvalue weighted by Gasteiger charge is 2.47. The molecule has 0 radical (unpaired) electrons. The Morgan fingerprint density at radius 1 is 1.23 bits per heavy atom. The topological polar surface area (TPSA) is 126 Å². The van der Waals surface area contributed by atoms with E-state index in [-0.39, 0.29) is 30.8 Å². The van der Waals surface area contributed by atoms with E-state index in [1.807, 2.05) is 5.32 Å². The molecule has 2 aromatic rings. The number of rotatable bonds is 8. The quantitative estimate of drug-likeness (QED) is 0.424. The summed E-state index contributed by atoms with van der Waals surface area (Å²) < 4.78 is 71.7. The normalized spacial score (nSPS) is 22.3. The van der Waals surface area contributed by atoms with Gasteiger partial charge in [0.1, 0.15) is 17.9 Å². The van der Waals surface area contributed by atoms with Crippen LogP contribution in [0.3, 0.4) is 0 Å². The van der Waals surface area contributed by atoms with Gasteiger partial charge in [0, 0.05) is 25.0 Å². The fraction of sp³-hybridized carbons (Fsp3) is 0.560. The number of alkyl halides is 5. The van der Waals surface area contributed by atoms with Gasteiger partial charge < -0.3 is 20.4 Å². The molecule has 1 saturated carbocycles. The SMILES string of the molecule is CCc1ncoc1C(=O)N[C@H](C(=O)Nc1cc(C[C@H]2C[C@@H](C(F)(F)F)NC2=O)ccn1)C1CCC(F)(F)CC1. The number of amides is 3. The number of aromatic nitrogens is 2. The van der Waals surface area contributed by atoms with E-state index in [0.717, 1.165) is 6.39 Å².